The second kappa shape index (κ2) is 6.13. The van der Waals surface area contributed by atoms with Crippen LogP contribution in [0, 0.1) is 19.8 Å². The van der Waals surface area contributed by atoms with Crippen molar-refractivity contribution in [3.05, 3.63) is 15.6 Å². The molecule has 3 unspecified atom stereocenters. The first-order valence-corrected chi connectivity index (χ1v) is 7.83. The van der Waals surface area contributed by atoms with E-state index in [1.165, 1.54) is 36.3 Å². The van der Waals surface area contributed by atoms with Gasteiger partial charge in [-0.1, -0.05) is 12.8 Å². The second-order valence-corrected chi connectivity index (χ2v) is 6.69. The summed E-state index contributed by atoms with van der Waals surface area (Å²) in [5, 5.41) is 4.94. The molecule has 0 amide bonds. The fourth-order valence-electron chi connectivity index (χ4n) is 3.05. The topological polar surface area (TPSA) is 50.9 Å². The summed E-state index contributed by atoms with van der Waals surface area (Å²) < 4.78 is 0. The first-order chi connectivity index (χ1) is 8.61. The van der Waals surface area contributed by atoms with E-state index < -0.39 is 0 Å². The van der Waals surface area contributed by atoms with Gasteiger partial charge in [-0.25, -0.2) is 4.98 Å². The Labute approximate surface area is 114 Å². The lowest BCUT2D eigenvalue weighted by atomic mass is 9.84. The van der Waals surface area contributed by atoms with Crippen LogP contribution in [0.1, 0.15) is 54.2 Å². The third kappa shape index (κ3) is 3.11. The molecule has 18 heavy (non-hydrogen) atoms. The lowest BCUT2D eigenvalue weighted by Crippen LogP contribution is -2.42. The summed E-state index contributed by atoms with van der Waals surface area (Å²) in [6.07, 6.45) is 5.22. The standard InChI is InChI=1S/C14H25N3S/c1-9-14(18-11(3)16-9)10(2)17-13-7-5-4-6-12(13)8-15/h10,12-13,17H,4-8,15H2,1-3H3. The van der Waals surface area contributed by atoms with Crippen molar-refractivity contribution in [3.8, 4) is 0 Å². The van der Waals surface area contributed by atoms with Crippen LogP contribution >= 0.6 is 11.3 Å². The Morgan fingerprint density at radius 1 is 1.39 bits per heavy atom. The van der Waals surface area contributed by atoms with Crippen molar-refractivity contribution >= 4 is 11.3 Å². The Bertz CT molecular complexity index is 388. The fourth-order valence-corrected chi connectivity index (χ4v) is 3.99. The highest BCUT2D eigenvalue weighted by molar-refractivity contribution is 7.11. The van der Waals surface area contributed by atoms with E-state index in [1.807, 2.05) is 11.3 Å². The van der Waals surface area contributed by atoms with E-state index in [4.69, 9.17) is 5.73 Å². The van der Waals surface area contributed by atoms with Crippen LogP contribution in [0.25, 0.3) is 0 Å². The van der Waals surface area contributed by atoms with Crippen molar-refractivity contribution in [3.63, 3.8) is 0 Å². The summed E-state index contributed by atoms with van der Waals surface area (Å²) >= 11 is 1.82. The number of rotatable bonds is 4. The number of nitrogens with two attached hydrogens (primary N) is 1. The Morgan fingerprint density at radius 3 is 2.72 bits per heavy atom. The van der Waals surface area contributed by atoms with Gasteiger partial charge in [-0.05, 0) is 46.1 Å². The van der Waals surface area contributed by atoms with Gasteiger partial charge in [0.05, 0.1) is 10.7 Å². The number of hydrogen-bond donors (Lipinski definition) is 2. The minimum absolute atomic E-state index is 0.397. The van der Waals surface area contributed by atoms with E-state index in [1.54, 1.807) is 0 Å². The Balaban J connectivity index is 2.01. The predicted octanol–water partition coefficient (Wildman–Crippen LogP) is 2.93. The van der Waals surface area contributed by atoms with Crippen molar-refractivity contribution in [1.29, 1.82) is 0 Å². The molecule has 0 aromatic carbocycles. The molecule has 0 aliphatic heterocycles. The van der Waals surface area contributed by atoms with Gasteiger partial charge in [0, 0.05) is 17.0 Å². The largest absolute Gasteiger partial charge is 0.330 e. The SMILES string of the molecule is Cc1nc(C)c(C(C)NC2CCCCC2CN)s1. The Kier molecular flexibility index (Phi) is 4.76. The van der Waals surface area contributed by atoms with Crippen LogP contribution in [0.2, 0.25) is 0 Å². The molecule has 3 N–H and O–H groups in total. The summed E-state index contributed by atoms with van der Waals surface area (Å²) in [6, 6.07) is 0.980. The van der Waals surface area contributed by atoms with E-state index in [0.29, 0.717) is 18.0 Å². The van der Waals surface area contributed by atoms with Crippen molar-refractivity contribution < 1.29 is 0 Å². The van der Waals surface area contributed by atoms with Crippen molar-refractivity contribution in [1.82, 2.24) is 10.3 Å². The van der Waals surface area contributed by atoms with Crippen LogP contribution in [0.3, 0.4) is 0 Å². The highest BCUT2D eigenvalue weighted by atomic mass is 32.1. The number of aromatic nitrogens is 1. The van der Waals surface area contributed by atoms with Crippen LogP contribution < -0.4 is 11.1 Å². The summed E-state index contributed by atoms with van der Waals surface area (Å²) in [6.45, 7) is 7.25. The third-order valence-electron chi connectivity index (χ3n) is 4.01. The first-order valence-electron chi connectivity index (χ1n) is 7.02. The zero-order chi connectivity index (χ0) is 13.1. The molecule has 1 fully saturated rings. The smallest absolute Gasteiger partial charge is 0.0900 e. The van der Waals surface area contributed by atoms with Gasteiger partial charge in [0.2, 0.25) is 0 Å². The summed E-state index contributed by atoms with van der Waals surface area (Å²) in [4.78, 5) is 5.90. The minimum Gasteiger partial charge on any atom is -0.330 e. The lowest BCUT2D eigenvalue weighted by Gasteiger charge is -2.33. The van der Waals surface area contributed by atoms with Gasteiger partial charge in [-0.3, -0.25) is 0 Å². The summed E-state index contributed by atoms with van der Waals surface area (Å²) in [5.74, 6) is 0.649. The highest BCUT2D eigenvalue weighted by Crippen LogP contribution is 2.29. The van der Waals surface area contributed by atoms with Crippen LogP contribution in [-0.4, -0.2) is 17.6 Å². The maximum Gasteiger partial charge on any atom is 0.0900 e. The normalized spacial score (nSPS) is 26.2. The number of hydrogen-bond acceptors (Lipinski definition) is 4. The summed E-state index contributed by atoms with van der Waals surface area (Å²) in [7, 11) is 0. The zero-order valence-corrected chi connectivity index (χ0v) is 12.5. The van der Waals surface area contributed by atoms with Crippen molar-refractivity contribution in [2.24, 2.45) is 11.7 Å². The van der Waals surface area contributed by atoms with Gasteiger partial charge in [0.25, 0.3) is 0 Å². The van der Waals surface area contributed by atoms with Gasteiger partial charge in [0.15, 0.2) is 0 Å². The van der Waals surface area contributed by atoms with Crippen LogP contribution in [0.15, 0.2) is 0 Å². The number of thiazole rings is 1. The Hall–Kier alpha value is -0.450. The van der Waals surface area contributed by atoms with Gasteiger partial charge >= 0.3 is 0 Å². The molecule has 0 spiro atoms. The molecule has 2 rings (SSSR count). The van der Waals surface area contributed by atoms with Gasteiger partial charge in [-0.15, -0.1) is 11.3 Å². The average molecular weight is 267 g/mol. The number of nitrogens with zero attached hydrogens (tertiary/aromatic N) is 1. The highest BCUT2D eigenvalue weighted by Gasteiger charge is 2.26. The molecular formula is C14H25N3S. The predicted molar refractivity (Wildman–Crippen MR) is 77.9 cm³/mol. The van der Waals surface area contributed by atoms with Crippen molar-refractivity contribution in [2.45, 2.75) is 58.5 Å². The second-order valence-electron chi connectivity index (χ2n) is 5.46. The summed E-state index contributed by atoms with van der Waals surface area (Å²) in [5.41, 5.74) is 7.07. The maximum atomic E-state index is 5.89. The Morgan fingerprint density at radius 2 is 2.11 bits per heavy atom. The molecule has 1 aromatic rings. The molecule has 3 nitrogen and oxygen atoms in total. The lowest BCUT2D eigenvalue weighted by molar-refractivity contribution is 0.253. The van der Waals surface area contributed by atoms with E-state index in [-0.39, 0.29) is 0 Å². The molecule has 3 atom stereocenters. The van der Waals surface area contributed by atoms with Crippen LogP contribution in [-0.2, 0) is 0 Å². The van der Waals surface area contributed by atoms with Gasteiger partial charge in [0.1, 0.15) is 0 Å². The van der Waals surface area contributed by atoms with Crippen molar-refractivity contribution in [2.75, 3.05) is 6.54 Å². The zero-order valence-electron chi connectivity index (χ0n) is 11.7. The molecule has 102 valence electrons. The quantitative estimate of drug-likeness (QED) is 0.882. The molecule has 0 bridgehead atoms. The van der Waals surface area contributed by atoms with Crippen LogP contribution in [0.5, 0.6) is 0 Å². The van der Waals surface area contributed by atoms with E-state index in [9.17, 15) is 0 Å². The molecule has 0 radical (unpaired) electrons. The molecule has 1 aromatic heterocycles. The third-order valence-corrected chi connectivity index (χ3v) is 5.26. The average Bonchev–Trinajstić information content (AvgIpc) is 2.69. The molecular weight excluding hydrogens is 242 g/mol. The molecule has 4 heteroatoms. The fraction of sp³-hybridized carbons (Fsp3) is 0.786. The molecule has 1 aliphatic rings. The minimum atomic E-state index is 0.397. The van der Waals surface area contributed by atoms with E-state index in [2.05, 4.69) is 31.1 Å². The molecule has 0 saturated heterocycles. The molecule has 1 heterocycles. The van der Waals surface area contributed by atoms with E-state index in [0.717, 1.165) is 11.6 Å². The van der Waals surface area contributed by atoms with E-state index >= 15 is 0 Å². The van der Waals surface area contributed by atoms with Gasteiger partial charge < -0.3 is 11.1 Å². The maximum absolute atomic E-state index is 5.89. The van der Waals surface area contributed by atoms with Gasteiger partial charge in [-0.2, -0.15) is 0 Å². The number of nitrogens with one attached hydrogen (secondary N) is 1. The molecule has 1 saturated carbocycles. The number of aryl methyl sites for hydroxylation is 2. The van der Waals surface area contributed by atoms with Crippen LogP contribution in [0.4, 0.5) is 0 Å². The molecule has 1 aliphatic carbocycles. The first kappa shape index (κ1) is 14.0. The monoisotopic (exact) mass is 267 g/mol.